The van der Waals surface area contributed by atoms with Gasteiger partial charge in [-0.1, -0.05) is 6.07 Å². The van der Waals surface area contributed by atoms with Gasteiger partial charge in [-0.15, -0.1) is 0 Å². The molecule has 1 aromatic carbocycles. The fourth-order valence-electron chi connectivity index (χ4n) is 2.35. The number of aryl methyl sites for hydroxylation is 1. The number of benzene rings is 1. The number of alkyl halides is 3. The molecule has 0 saturated heterocycles. The molecule has 0 spiro atoms. The van der Waals surface area contributed by atoms with Crippen LogP contribution in [0.3, 0.4) is 0 Å². The molecule has 0 aliphatic rings. The summed E-state index contributed by atoms with van der Waals surface area (Å²) in [5, 5.41) is 4.26. The third-order valence-corrected chi connectivity index (χ3v) is 3.49. The second kappa shape index (κ2) is 6.44. The van der Waals surface area contributed by atoms with Crippen molar-refractivity contribution in [3.8, 4) is 5.69 Å². The molecule has 4 nitrogen and oxygen atoms in total. The van der Waals surface area contributed by atoms with Crippen LogP contribution in [0.2, 0.25) is 0 Å². The van der Waals surface area contributed by atoms with E-state index in [9.17, 15) is 18.0 Å². The molecular weight excluding hydrogens is 309 g/mol. The monoisotopic (exact) mass is 326 g/mol. The standard InChI is InChI=1S/C16H17F3N2O2/c1-4-23-15(22)9-14-10(2)20-21(11(14)3)13-7-5-6-12(8-13)16(17,18)19/h5-8H,4,9H2,1-3H3. The average Bonchev–Trinajstić information content (AvgIpc) is 2.75. The molecule has 0 N–H and O–H groups in total. The number of carbonyl (C=O) groups is 1. The van der Waals surface area contributed by atoms with Gasteiger partial charge >= 0.3 is 12.1 Å². The first-order valence-corrected chi connectivity index (χ1v) is 7.12. The molecule has 124 valence electrons. The minimum absolute atomic E-state index is 0.0461. The van der Waals surface area contributed by atoms with Gasteiger partial charge in [-0.25, -0.2) is 4.68 Å². The van der Waals surface area contributed by atoms with Gasteiger partial charge in [-0.3, -0.25) is 4.79 Å². The first kappa shape index (κ1) is 17.1. The molecule has 0 saturated carbocycles. The molecule has 0 aliphatic heterocycles. The molecule has 0 atom stereocenters. The third-order valence-electron chi connectivity index (χ3n) is 3.49. The third kappa shape index (κ3) is 3.72. The van der Waals surface area contributed by atoms with Gasteiger partial charge < -0.3 is 4.74 Å². The quantitative estimate of drug-likeness (QED) is 0.806. The van der Waals surface area contributed by atoms with E-state index in [-0.39, 0.29) is 19.0 Å². The molecule has 0 fully saturated rings. The summed E-state index contributed by atoms with van der Waals surface area (Å²) >= 11 is 0. The van der Waals surface area contributed by atoms with Gasteiger partial charge in [0.1, 0.15) is 0 Å². The molecule has 0 bridgehead atoms. The number of esters is 1. The van der Waals surface area contributed by atoms with Crippen molar-refractivity contribution in [1.82, 2.24) is 9.78 Å². The molecule has 0 amide bonds. The lowest BCUT2D eigenvalue weighted by molar-refractivity contribution is -0.142. The first-order chi connectivity index (χ1) is 10.7. The Labute approximate surface area is 131 Å². The van der Waals surface area contributed by atoms with Crippen LogP contribution in [-0.2, 0) is 22.1 Å². The fourth-order valence-corrected chi connectivity index (χ4v) is 2.35. The summed E-state index contributed by atoms with van der Waals surface area (Å²) in [5.41, 5.74) is 1.44. The molecule has 0 unspecified atom stereocenters. The fraction of sp³-hybridized carbons (Fsp3) is 0.375. The zero-order valence-electron chi connectivity index (χ0n) is 13.1. The summed E-state index contributed by atoms with van der Waals surface area (Å²) < 4.78 is 44.8. The van der Waals surface area contributed by atoms with Crippen LogP contribution >= 0.6 is 0 Å². The van der Waals surface area contributed by atoms with E-state index in [1.54, 1.807) is 26.8 Å². The largest absolute Gasteiger partial charge is 0.466 e. The average molecular weight is 326 g/mol. The van der Waals surface area contributed by atoms with Crippen LogP contribution in [0, 0.1) is 13.8 Å². The van der Waals surface area contributed by atoms with Gasteiger partial charge in [0.15, 0.2) is 0 Å². The predicted molar refractivity (Wildman–Crippen MR) is 78.4 cm³/mol. The van der Waals surface area contributed by atoms with Crippen molar-refractivity contribution in [2.75, 3.05) is 6.61 Å². The Hall–Kier alpha value is -2.31. The van der Waals surface area contributed by atoms with E-state index in [0.29, 0.717) is 22.6 Å². The highest BCUT2D eigenvalue weighted by atomic mass is 19.4. The first-order valence-electron chi connectivity index (χ1n) is 7.12. The van der Waals surface area contributed by atoms with E-state index in [1.165, 1.54) is 10.7 Å². The topological polar surface area (TPSA) is 44.1 Å². The second-order valence-electron chi connectivity index (χ2n) is 5.09. The van der Waals surface area contributed by atoms with Crippen LogP contribution in [0.1, 0.15) is 29.4 Å². The normalized spacial score (nSPS) is 11.6. The molecule has 1 heterocycles. The molecule has 0 radical (unpaired) electrons. The Morgan fingerprint density at radius 1 is 1.30 bits per heavy atom. The molecule has 2 aromatic rings. The highest BCUT2D eigenvalue weighted by molar-refractivity contribution is 5.73. The SMILES string of the molecule is CCOC(=O)Cc1c(C)nn(-c2cccc(C(F)(F)F)c2)c1C. The summed E-state index contributed by atoms with van der Waals surface area (Å²) in [7, 11) is 0. The second-order valence-corrected chi connectivity index (χ2v) is 5.09. The smallest absolute Gasteiger partial charge is 0.416 e. The Morgan fingerprint density at radius 3 is 2.61 bits per heavy atom. The van der Waals surface area contributed by atoms with Gasteiger partial charge in [-0.05, 0) is 39.0 Å². The summed E-state index contributed by atoms with van der Waals surface area (Å²) in [5.74, 6) is -0.387. The molecular formula is C16H17F3N2O2. The highest BCUT2D eigenvalue weighted by Crippen LogP contribution is 2.30. The Kier molecular flexibility index (Phi) is 4.77. The van der Waals surface area contributed by atoms with E-state index >= 15 is 0 Å². The summed E-state index contributed by atoms with van der Waals surface area (Å²) in [6.45, 7) is 5.42. The number of nitrogens with zero attached hydrogens (tertiary/aromatic N) is 2. The van der Waals surface area contributed by atoms with E-state index < -0.39 is 11.7 Å². The number of aromatic nitrogens is 2. The molecule has 1 aromatic heterocycles. The van der Waals surface area contributed by atoms with Crippen molar-refractivity contribution >= 4 is 5.97 Å². The summed E-state index contributed by atoms with van der Waals surface area (Å²) in [6, 6.07) is 4.92. The van der Waals surface area contributed by atoms with E-state index in [4.69, 9.17) is 4.74 Å². The maximum Gasteiger partial charge on any atom is 0.416 e. The maximum absolute atomic E-state index is 12.8. The summed E-state index contributed by atoms with van der Waals surface area (Å²) in [6.07, 6.45) is -4.37. The lowest BCUT2D eigenvalue weighted by Gasteiger charge is -2.10. The van der Waals surface area contributed by atoms with Crippen LogP contribution in [0.15, 0.2) is 24.3 Å². The van der Waals surface area contributed by atoms with Crippen molar-refractivity contribution in [2.24, 2.45) is 0 Å². The maximum atomic E-state index is 12.8. The van der Waals surface area contributed by atoms with E-state index in [1.807, 2.05) is 0 Å². The van der Waals surface area contributed by atoms with Crippen molar-refractivity contribution in [2.45, 2.75) is 33.4 Å². The van der Waals surface area contributed by atoms with Crippen LogP contribution in [0.4, 0.5) is 13.2 Å². The zero-order chi connectivity index (χ0) is 17.2. The minimum atomic E-state index is -4.42. The molecule has 7 heteroatoms. The number of ether oxygens (including phenoxy) is 1. The van der Waals surface area contributed by atoms with Crippen molar-refractivity contribution in [1.29, 1.82) is 0 Å². The number of hydrogen-bond donors (Lipinski definition) is 0. The minimum Gasteiger partial charge on any atom is -0.466 e. The molecule has 0 aliphatic carbocycles. The van der Waals surface area contributed by atoms with Gasteiger partial charge in [0.2, 0.25) is 0 Å². The van der Waals surface area contributed by atoms with Crippen molar-refractivity contribution < 1.29 is 22.7 Å². The summed E-state index contributed by atoms with van der Waals surface area (Å²) in [4.78, 5) is 11.6. The van der Waals surface area contributed by atoms with Gasteiger partial charge in [0.25, 0.3) is 0 Å². The number of halogens is 3. The van der Waals surface area contributed by atoms with Crippen molar-refractivity contribution in [3.05, 3.63) is 46.8 Å². The van der Waals surface area contributed by atoms with Gasteiger partial charge in [-0.2, -0.15) is 18.3 Å². The van der Waals surface area contributed by atoms with E-state index in [0.717, 1.165) is 12.1 Å². The van der Waals surface area contributed by atoms with Crippen LogP contribution in [-0.4, -0.2) is 22.4 Å². The Bertz CT molecular complexity index is 721. The Morgan fingerprint density at radius 2 is 2.00 bits per heavy atom. The number of carbonyl (C=O) groups excluding carboxylic acids is 1. The van der Waals surface area contributed by atoms with Gasteiger partial charge in [0, 0.05) is 11.3 Å². The van der Waals surface area contributed by atoms with Gasteiger partial charge in [0.05, 0.1) is 30.0 Å². The zero-order valence-corrected chi connectivity index (χ0v) is 13.1. The molecule has 23 heavy (non-hydrogen) atoms. The van der Waals surface area contributed by atoms with Crippen molar-refractivity contribution in [3.63, 3.8) is 0 Å². The number of hydrogen-bond acceptors (Lipinski definition) is 3. The number of rotatable bonds is 4. The lowest BCUT2D eigenvalue weighted by Crippen LogP contribution is -2.09. The predicted octanol–water partition coefficient (Wildman–Crippen LogP) is 3.61. The van der Waals surface area contributed by atoms with E-state index in [2.05, 4.69) is 5.10 Å². The highest BCUT2D eigenvalue weighted by Gasteiger charge is 2.30. The lowest BCUT2D eigenvalue weighted by atomic mass is 10.1. The Balaban J connectivity index is 2.40. The van der Waals surface area contributed by atoms with Crippen LogP contribution in [0.25, 0.3) is 5.69 Å². The van der Waals surface area contributed by atoms with Crippen LogP contribution in [0.5, 0.6) is 0 Å². The molecule has 2 rings (SSSR count). The van der Waals surface area contributed by atoms with Crippen LogP contribution < -0.4 is 0 Å².